The van der Waals surface area contributed by atoms with Gasteiger partial charge >= 0.3 is 0 Å². The number of nitrogens with two attached hydrogens (primary N) is 1. The van der Waals surface area contributed by atoms with Crippen molar-refractivity contribution in [1.29, 1.82) is 0 Å². The predicted molar refractivity (Wildman–Crippen MR) is 68.2 cm³/mol. The number of aryl methyl sites for hydroxylation is 1. The molecule has 2 heteroatoms. The molecule has 0 saturated heterocycles. The van der Waals surface area contributed by atoms with Crippen molar-refractivity contribution in [3.8, 4) is 0 Å². The van der Waals surface area contributed by atoms with Crippen LogP contribution in [-0.2, 0) is 6.42 Å². The molecule has 1 rings (SSSR count). The molecule has 0 spiro atoms. The molecule has 3 N–H and O–H groups in total. The van der Waals surface area contributed by atoms with Crippen LogP contribution in [0, 0.1) is 5.41 Å². The lowest BCUT2D eigenvalue weighted by Crippen LogP contribution is -2.33. The van der Waals surface area contributed by atoms with Gasteiger partial charge in [0.2, 0.25) is 0 Å². The topological polar surface area (TPSA) is 46.2 Å². The van der Waals surface area contributed by atoms with Gasteiger partial charge in [0.1, 0.15) is 0 Å². The van der Waals surface area contributed by atoms with Crippen LogP contribution in [0.15, 0.2) is 24.3 Å². The van der Waals surface area contributed by atoms with Gasteiger partial charge in [-0.25, -0.2) is 0 Å². The van der Waals surface area contributed by atoms with Crippen LogP contribution in [0.1, 0.15) is 44.4 Å². The van der Waals surface area contributed by atoms with E-state index in [1.54, 1.807) is 0 Å². The van der Waals surface area contributed by atoms with Gasteiger partial charge in [-0.15, -0.1) is 0 Å². The fourth-order valence-corrected chi connectivity index (χ4v) is 1.79. The Morgan fingerprint density at radius 2 is 1.81 bits per heavy atom. The molecular weight excluding hydrogens is 198 g/mol. The van der Waals surface area contributed by atoms with Crippen molar-refractivity contribution < 1.29 is 5.11 Å². The Kier molecular flexibility index (Phi) is 4.51. The number of rotatable bonds is 5. The minimum absolute atomic E-state index is 0.228. The zero-order valence-corrected chi connectivity index (χ0v) is 10.5. The Morgan fingerprint density at radius 3 is 2.19 bits per heavy atom. The molecule has 0 radical (unpaired) electrons. The first-order valence-corrected chi connectivity index (χ1v) is 6.04. The van der Waals surface area contributed by atoms with Crippen molar-refractivity contribution in [1.82, 2.24) is 0 Å². The summed E-state index contributed by atoms with van der Waals surface area (Å²) in [6.07, 6.45) is 1.42. The Morgan fingerprint density at radius 1 is 1.25 bits per heavy atom. The summed E-state index contributed by atoms with van der Waals surface area (Å²) in [5, 5.41) is 10.3. The van der Waals surface area contributed by atoms with Gasteiger partial charge in [0.05, 0.1) is 6.10 Å². The highest BCUT2D eigenvalue weighted by Gasteiger charge is 2.30. The molecule has 0 aliphatic heterocycles. The van der Waals surface area contributed by atoms with Gasteiger partial charge in [-0.05, 0) is 24.0 Å². The van der Waals surface area contributed by atoms with E-state index in [4.69, 9.17) is 5.73 Å². The molecule has 2 atom stereocenters. The first-order valence-electron chi connectivity index (χ1n) is 6.04. The maximum atomic E-state index is 10.3. The lowest BCUT2D eigenvalue weighted by Gasteiger charge is -2.32. The highest BCUT2D eigenvalue weighted by atomic mass is 16.3. The largest absolute Gasteiger partial charge is 0.388 e. The minimum atomic E-state index is -0.478. The zero-order chi connectivity index (χ0) is 12.2. The first-order chi connectivity index (χ1) is 7.57. The van der Waals surface area contributed by atoms with E-state index in [-0.39, 0.29) is 5.41 Å². The van der Waals surface area contributed by atoms with Crippen molar-refractivity contribution in [2.24, 2.45) is 11.1 Å². The zero-order valence-electron chi connectivity index (χ0n) is 10.5. The number of aliphatic hydroxyl groups excluding tert-OH is 1. The monoisotopic (exact) mass is 221 g/mol. The van der Waals surface area contributed by atoms with Crippen LogP contribution in [0.3, 0.4) is 0 Å². The molecule has 0 aliphatic rings. The molecule has 1 aromatic rings. The molecule has 0 saturated carbocycles. The summed E-state index contributed by atoms with van der Waals surface area (Å²) < 4.78 is 0. The van der Waals surface area contributed by atoms with Gasteiger partial charge in [0.25, 0.3) is 0 Å². The van der Waals surface area contributed by atoms with Gasteiger partial charge in [-0.3, -0.25) is 0 Å². The molecule has 0 aromatic heterocycles. The summed E-state index contributed by atoms with van der Waals surface area (Å²) in [5.74, 6) is 0. The lowest BCUT2D eigenvalue weighted by atomic mass is 9.78. The van der Waals surface area contributed by atoms with Crippen molar-refractivity contribution >= 4 is 0 Å². The average molecular weight is 221 g/mol. The van der Waals surface area contributed by atoms with Crippen LogP contribution >= 0.6 is 0 Å². The second-order valence-corrected chi connectivity index (χ2v) is 4.71. The molecule has 0 aliphatic carbocycles. The normalized spacial score (nSPS) is 16.8. The van der Waals surface area contributed by atoms with E-state index in [0.29, 0.717) is 6.54 Å². The van der Waals surface area contributed by atoms with Crippen LogP contribution in [0.4, 0.5) is 0 Å². The van der Waals surface area contributed by atoms with E-state index in [2.05, 4.69) is 26.0 Å². The van der Waals surface area contributed by atoms with Crippen molar-refractivity contribution in [3.05, 3.63) is 35.4 Å². The van der Waals surface area contributed by atoms with Crippen LogP contribution in [0.5, 0.6) is 0 Å². The molecular formula is C14H23NO. The summed E-state index contributed by atoms with van der Waals surface area (Å²) in [4.78, 5) is 0. The summed E-state index contributed by atoms with van der Waals surface area (Å²) >= 11 is 0. The molecule has 2 unspecified atom stereocenters. The SMILES string of the molecule is CCc1ccc(C(O)C(C)(CC)CN)cc1. The summed E-state index contributed by atoms with van der Waals surface area (Å²) in [5.41, 5.74) is 7.78. The quantitative estimate of drug-likeness (QED) is 0.803. The summed E-state index contributed by atoms with van der Waals surface area (Å²) in [6.45, 7) is 6.73. The number of benzene rings is 1. The molecule has 0 heterocycles. The maximum Gasteiger partial charge on any atom is 0.0855 e. The molecule has 2 nitrogen and oxygen atoms in total. The number of hydrogen-bond donors (Lipinski definition) is 2. The Bertz CT molecular complexity index is 314. The fourth-order valence-electron chi connectivity index (χ4n) is 1.79. The maximum absolute atomic E-state index is 10.3. The average Bonchev–Trinajstić information content (AvgIpc) is 2.37. The van der Waals surface area contributed by atoms with Gasteiger partial charge in [-0.1, -0.05) is 45.0 Å². The lowest BCUT2D eigenvalue weighted by molar-refractivity contribution is 0.0391. The van der Waals surface area contributed by atoms with Crippen molar-refractivity contribution in [2.45, 2.75) is 39.7 Å². The summed E-state index contributed by atoms with van der Waals surface area (Å²) in [7, 11) is 0. The highest BCUT2D eigenvalue weighted by Crippen LogP contribution is 2.35. The molecule has 0 amide bonds. The molecule has 16 heavy (non-hydrogen) atoms. The third-order valence-corrected chi connectivity index (χ3v) is 3.64. The second kappa shape index (κ2) is 5.46. The van der Waals surface area contributed by atoms with E-state index in [1.807, 2.05) is 19.1 Å². The van der Waals surface area contributed by atoms with E-state index in [9.17, 15) is 5.11 Å². The smallest absolute Gasteiger partial charge is 0.0855 e. The fraction of sp³-hybridized carbons (Fsp3) is 0.571. The van der Waals surface area contributed by atoms with Crippen LogP contribution in [0.2, 0.25) is 0 Å². The minimum Gasteiger partial charge on any atom is -0.388 e. The van der Waals surface area contributed by atoms with Gasteiger partial charge < -0.3 is 10.8 Å². The van der Waals surface area contributed by atoms with E-state index in [1.165, 1.54) is 5.56 Å². The third kappa shape index (κ3) is 2.63. The Labute approximate surface area is 98.5 Å². The first kappa shape index (κ1) is 13.2. The van der Waals surface area contributed by atoms with Crippen LogP contribution in [-0.4, -0.2) is 11.7 Å². The molecule has 1 aromatic carbocycles. The molecule has 0 bridgehead atoms. The van der Waals surface area contributed by atoms with Gasteiger partial charge in [0.15, 0.2) is 0 Å². The van der Waals surface area contributed by atoms with E-state index >= 15 is 0 Å². The Balaban J connectivity index is 2.90. The van der Waals surface area contributed by atoms with Gasteiger partial charge in [0, 0.05) is 12.0 Å². The predicted octanol–water partition coefficient (Wildman–Crippen LogP) is 2.66. The van der Waals surface area contributed by atoms with E-state index < -0.39 is 6.10 Å². The van der Waals surface area contributed by atoms with Crippen LogP contribution in [0.25, 0.3) is 0 Å². The second-order valence-electron chi connectivity index (χ2n) is 4.71. The number of hydrogen-bond acceptors (Lipinski definition) is 2. The summed E-state index contributed by atoms with van der Waals surface area (Å²) in [6, 6.07) is 8.16. The molecule has 90 valence electrons. The van der Waals surface area contributed by atoms with E-state index in [0.717, 1.165) is 18.4 Å². The highest BCUT2D eigenvalue weighted by molar-refractivity contribution is 5.25. The third-order valence-electron chi connectivity index (χ3n) is 3.64. The van der Waals surface area contributed by atoms with Crippen LogP contribution < -0.4 is 5.73 Å². The standard InChI is InChI=1S/C14H23NO/c1-4-11-6-8-12(9-7-11)13(16)14(3,5-2)10-15/h6-9,13,16H,4-5,10,15H2,1-3H3. The van der Waals surface area contributed by atoms with Crippen molar-refractivity contribution in [2.75, 3.05) is 6.54 Å². The van der Waals surface area contributed by atoms with Gasteiger partial charge in [-0.2, -0.15) is 0 Å². The van der Waals surface area contributed by atoms with Crippen molar-refractivity contribution in [3.63, 3.8) is 0 Å². The molecule has 0 fully saturated rings. The number of aliphatic hydroxyl groups is 1. The Hall–Kier alpha value is -0.860.